The van der Waals surface area contributed by atoms with Crippen LogP contribution in [0.4, 0.5) is 0 Å². The van der Waals surface area contributed by atoms with E-state index in [4.69, 9.17) is 11.6 Å². The molecule has 0 bridgehead atoms. The first-order valence-electron chi connectivity index (χ1n) is 4.60. The van der Waals surface area contributed by atoms with Gasteiger partial charge in [0.1, 0.15) is 6.29 Å². The fourth-order valence-electron chi connectivity index (χ4n) is 1.22. The zero-order valence-corrected chi connectivity index (χ0v) is 10.1. The molecule has 3 nitrogen and oxygen atoms in total. The molecule has 0 aliphatic carbocycles. The second-order valence-electron chi connectivity index (χ2n) is 3.23. The average molecular weight is 253 g/mol. The zero-order valence-electron chi connectivity index (χ0n) is 8.55. The topological polar surface area (TPSA) is 34.9 Å². The third-order valence-electron chi connectivity index (χ3n) is 2.07. The Kier molecular flexibility index (Phi) is 3.31. The molecule has 2 rings (SSSR count). The molecule has 0 fully saturated rings. The molecule has 0 unspecified atom stereocenters. The minimum atomic E-state index is 0.567. The van der Waals surface area contributed by atoms with Crippen molar-refractivity contribution in [3.63, 3.8) is 0 Å². The number of imidazole rings is 1. The number of hydrogen-bond acceptors (Lipinski definition) is 3. The molecule has 0 atom stereocenters. The summed E-state index contributed by atoms with van der Waals surface area (Å²) < 4.78 is 1.91. The molecule has 0 aliphatic rings. The fourth-order valence-corrected chi connectivity index (χ4v) is 2.33. The number of carbonyl (C=O) groups excluding carboxylic acids is 1. The average Bonchev–Trinajstić information content (AvgIpc) is 2.67. The molecule has 2 aromatic rings. The number of halogens is 1. The summed E-state index contributed by atoms with van der Waals surface area (Å²) >= 11 is 7.53. The second kappa shape index (κ2) is 4.72. The highest BCUT2D eigenvalue weighted by Gasteiger charge is 2.06. The van der Waals surface area contributed by atoms with Crippen LogP contribution in [0.5, 0.6) is 0 Å². The van der Waals surface area contributed by atoms with Crippen molar-refractivity contribution in [1.29, 1.82) is 0 Å². The highest BCUT2D eigenvalue weighted by molar-refractivity contribution is 7.99. The lowest BCUT2D eigenvalue weighted by Crippen LogP contribution is -1.89. The molecular formula is C11H9ClN2OS. The lowest BCUT2D eigenvalue weighted by molar-refractivity contribution is 0.112. The van der Waals surface area contributed by atoms with E-state index in [2.05, 4.69) is 4.98 Å². The molecule has 1 aromatic carbocycles. The van der Waals surface area contributed by atoms with E-state index in [1.165, 1.54) is 11.8 Å². The van der Waals surface area contributed by atoms with Crippen molar-refractivity contribution < 1.29 is 4.79 Å². The van der Waals surface area contributed by atoms with Crippen molar-refractivity contribution in [2.75, 3.05) is 0 Å². The van der Waals surface area contributed by atoms with Crippen LogP contribution in [-0.4, -0.2) is 15.8 Å². The number of nitrogens with zero attached hydrogens (tertiary/aromatic N) is 2. The first kappa shape index (κ1) is 11.2. The number of hydrogen-bond donors (Lipinski definition) is 0. The Hall–Kier alpha value is -1.26. The third-order valence-corrected chi connectivity index (χ3v) is 3.65. The number of aryl methyl sites for hydroxylation is 1. The Bertz CT molecular complexity index is 524. The number of carbonyl (C=O) groups is 1. The van der Waals surface area contributed by atoms with E-state index >= 15 is 0 Å². The van der Waals surface area contributed by atoms with Crippen LogP contribution in [0.25, 0.3) is 0 Å². The first-order valence-corrected chi connectivity index (χ1v) is 5.80. The number of benzene rings is 1. The Morgan fingerprint density at radius 1 is 1.50 bits per heavy atom. The van der Waals surface area contributed by atoms with Crippen LogP contribution in [0.2, 0.25) is 5.02 Å². The summed E-state index contributed by atoms with van der Waals surface area (Å²) in [6.07, 6.45) is 4.38. The van der Waals surface area contributed by atoms with E-state index in [-0.39, 0.29) is 0 Å². The summed E-state index contributed by atoms with van der Waals surface area (Å²) in [4.78, 5) is 15.6. The van der Waals surface area contributed by atoms with Crippen LogP contribution >= 0.6 is 23.4 Å². The SMILES string of the molecule is Cn1ccnc1Sc1ccc(C=O)cc1Cl. The molecule has 1 aromatic heterocycles. The predicted octanol–water partition coefficient (Wildman–Crippen LogP) is 3.04. The predicted molar refractivity (Wildman–Crippen MR) is 64.2 cm³/mol. The van der Waals surface area contributed by atoms with Crippen molar-refractivity contribution in [2.45, 2.75) is 10.1 Å². The number of rotatable bonds is 3. The zero-order chi connectivity index (χ0) is 11.5. The summed E-state index contributed by atoms with van der Waals surface area (Å²) in [6.45, 7) is 0. The molecule has 0 N–H and O–H groups in total. The fraction of sp³-hybridized carbons (Fsp3) is 0.0909. The van der Waals surface area contributed by atoms with Crippen molar-refractivity contribution >= 4 is 29.6 Å². The Labute approximate surface area is 102 Å². The maximum atomic E-state index is 10.6. The monoisotopic (exact) mass is 252 g/mol. The Morgan fingerprint density at radius 2 is 2.31 bits per heavy atom. The molecule has 82 valence electrons. The van der Waals surface area contributed by atoms with E-state index in [0.717, 1.165) is 16.3 Å². The van der Waals surface area contributed by atoms with E-state index in [1.54, 1.807) is 18.3 Å². The van der Waals surface area contributed by atoms with Crippen LogP contribution in [0.3, 0.4) is 0 Å². The van der Waals surface area contributed by atoms with Gasteiger partial charge in [-0.25, -0.2) is 4.98 Å². The van der Waals surface area contributed by atoms with Crippen LogP contribution in [0.15, 0.2) is 40.6 Å². The molecule has 0 amide bonds. The Balaban J connectivity index is 2.29. The van der Waals surface area contributed by atoms with Gasteiger partial charge in [-0.15, -0.1) is 0 Å². The van der Waals surface area contributed by atoms with Crippen molar-refractivity contribution in [3.05, 3.63) is 41.2 Å². The highest BCUT2D eigenvalue weighted by Crippen LogP contribution is 2.32. The second-order valence-corrected chi connectivity index (χ2v) is 4.65. The first-order chi connectivity index (χ1) is 7.70. The quantitative estimate of drug-likeness (QED) is 0.788. The molecular weight excluding hydrogens is 244 g/mol. The van der Waals surface area contributed by atoms with E-state index in [0.29, 0.717) is 10.6 Å². The van der Waals surface area contributed by atoms with Gasteiger partial charge in [-0.1, -0.05) is 29.4 Å². The molecule has 5 heteroatoms. The Morgan fingerprint density at radius 3 is 2.88 bits per heavy atom. The molecule has 0 aliphatic heterocycles. The van der Waals surface area contributed by atoms with Gasteiger partial charge in [0.15, 0.2) is 5.16 Å². The van der Waals surface area contributed by atoms with E-state index in [9.17, 15) is 4.79 Å². The number of aldehydes is 1. The van der Waals surface area contributed by atoms with Gasteiger partial charge in [-0.3, -0.25) is 4.79 Å². The molecule has 0 saturated carbocycles. The van der Waals surface area contributed by atoms with Gasteiger partial charge >= 0.3 is 0 Å². The molecule has 0 saturated heterocycles. The molecule has 0 spiro atoms. The minimum Gasteiger partial charge on any atom is -0.329 e. The minimum absolute atomic E-state index is 0.567. The maximum Gasteiger partial charge on any atom is 0.172 e. The largest absolute Gasteiger partial charge is 0.329 e. The van der Waals surface area contributed by atoms with Gasteiger partial charge in [-0.05, 0) is 12.1 Å². The summed E-state index contributed by atoms with van der Waals surface area (Å²) in [7, 11) is 1.92. The summed E-state index contributed by atoms with van der Waals surface area (Å²) in [6, 6.07) is 5.22. The van der Waals surface area contributed by atoms with Gasteiger partial charge in [0.25, 0.3) is 0 Å². The van der Waals surface area contributed by atoms with Crippen LogP contribution in [0.1, 0.15) is 10.4 Å². The number of aromatic nitrogens is 2. The van der Waals surface area contributed by atoms with E-state index < -0.39 is 0 Å². The van der Waals surface area contributed by atoms with Crippen LogP contribution in [0, 0.1) is 0 Å². The normalized spacial score (nSPS) is 10.4. The van der Waals surface area contributed by atoms with Crippen molar-refractivity contribution in [3.8, 4) is 0 Å². The highest BCUT2D eigenvalue weighted by atomic mass is 35.5. The lowest BCUT2D eigenvalue weighted by atomic mass is 10.2. The molecule has 1 heterocycles. The van der Waals surface area contributed by atoms with Gasteiger partial charge in [0.2, 0.25) is 0 Å². The lowest BCUT2D eigenvalue weighted by Gasteiger charge is -2.04. The smallest absolute Gasteiger partial charge is 0.172 e. The molecule has 16 heavy (non-hydrogen) atoms. The van der Waals surface area contributed by atoms with Gasteiger partial charge in [0.05, 0.1) is 5.02 Å². The summed E-state index contributed by atoms with van der Waals surface area (Å²) in [5, 5.41) is 1.43. The standard InChI is InChI=1S/C11H9ClN2OS/c1-14-5-4-13-11(14)16-10-3-2-8(7-15)6-9(10)12/h2-7H,1H3. The third kappa shape index (κ3) is 2.28. The van der Waals surface area contributed by atoms with Crippen LogP contribution in [-0.2, 0) is 7.05 Å². The van der Waals surface area contributed by atoms with Crippen molar-refractivity contribution in [2.24, 2.45) is 7.05 Å². The maximum absolute atomic E-state index is 10.6. The van der Waals surface area contributed by atoms with Gasteiger partial charge < -0.3 is 4.57 Å². The van der Waals surface area contributed by atoms with Crippen LogP contribution < -0.4 is 0 Å². The summed E-state index contributed by atoms with van der Waals surface area (Å²) in [5.74, 6) is 0. The van der Waals surface area contributed by atoms with Gasteiger partial charge in [0, 0.05) is 29.9 Å². The van der Waals surface area contributed by atoms with Gasteiger partial charge in [-0.2, -0.15) is 0 Å². The van der Waals surface area contributed by atoms with Crippen molar-refractivity contribution in [1.82, 2.24) is 9.55 Å². The summed E-state index contributed by atoms with van der Waals surface area (Å²) in [5.41, 5.74) is 0.578. The van der Waals surface area contributed by atoms with E-state index in [1.807, 2.05) is 23.9 Å². The molecule has 0 radical (unpaired) electrons.